The van der Waals surface area contributed by atoms with Crippen molar-refractivity contribution in [3.05, 3.63) is 29.8 Å². The van der Waals surface area contributed by atoms with Gasteiger partial charge in [-0.2, -0.15) is 0 Å². The zero-order valence-electron chi connectivity index (χ0n) is 17.2. The van der Waals surface area contributed by atoms with Crippen LogP contribution in [0.15, 0.2) is 24.3 Å². The molecule has 3 rings (SSSR count). The number of nitrogens with zero attached hydrogens (tertiary/aromatic N) is 2. The van der Waals surface area contributed by atoms with Gasteiger partial charge >= 0.3 is 0 Å². The highest BCUT2D eigenvalue weighted by Crippen LogP contribution is 2.24. The minimum absolute atomic E-state index is 0.0612. The van der Waals surface area contributed by atoms with Crippen LogP contribution in [0.2, 0.25) is 0 Å². The molecule has 0 spiro atoms. The number of hydrogen-bond acceptors (Lipinski definition) is 3. The molecular formula is C22H34N4OS. The molecule has 2 fully saturated rings. The maximum Gasteiger partial charge on any atom is 0.238 e. The second kappa shape index (κ2) is 10.2. The average Bonchev–Trinajstić information content (AvgIpc) is 2.70. The molecule has 2 N–H and O–H groups in total. The molecule has 1 aromatic carbocycles. The summed E-state index contributed by atoms with van der Waals surface area (Å²) in [5, 5.41) is 7.56. The first-order valence-corrected chi connectivity index (χ1v) is 11.1. The number of aryl methyl sites for hydroxylation is 1. The van der Waals surface area contributed by atoms with E-state index in [0.29, 0.717) is 18.5 Å². The van der Waals surface area contributed by atoms with E-state index in [2.05, 4.69) is 40.3 Å². The second-order valence-corrected chi connectivity index (χ2v) is 8.53. The fourth-order valence-electron chi connectivity index (χ4n) is 4.23. The third-order valence-corrected chi connectivity index (χ3v) is 6.50. The van der Waals surface area contributed by atoms with Crippen molar-refractivity contribution in [2.24, 2.45) is 5.92 Å². The maximum atomic E-state index is 12.5. The minimum atomic E-state index is 0.0612. The van der Waals surface area contributed by atoms with Gasteiger partial charge in [-0.05, 0) is 49.0 Å². The summed E-state index contributed by atoms with van der Waals surface area (Å²) in [5.74, 6) is 0.758. The largest absolute Gasteiger partial charge is 0.360 e. The lowest BCUT2D eigenvalue weighted by atomic mass is 9.86. The van der Waals surface area contributed by atoms with Crippen molar-refractivity contribution in [2.75, 3.05) is 38.0 Å². The molecule has 0 radical (unpaired) electrons. The van der Waals surface area contributed by atoms with Crippen molar-refractivity contribution >= 4 is 28.9 Å². The normalized spacial score (nSPS) is 23.3. The Hall–Kier alpha value is -1.66. The van der Waals surface area contributed by atoms with Gasteiger partial charge in [0, 0.05) is 37.9 Å². The number of para-hydroxylation sites is 1. The third kappa shape index (κ3) is 5.67. The minimum Gasteiger partial charge on any atom is -0.360 e. The van der Waals surface area contributed by atoms with Crippen LogP contribution in [0.1, 0.15) is 45.1 Å². The summed E-state index contributed by atoms with van der Waals surface area (Å²) in [6.07, 6.45) is 6.08. The Balaban J connectivity index is 1.42. The van der Waals surface area contributed by atoms with Crippen LogP contribution in [-0.4, -0.2) is 59.6 Å². The van der Waals surface area contributed by atoms with Gasteiger partial charge in [-0.25, -0.2) is 0 Å². The molecule has 0 aromatic heterocycles. The van der Waals surface area contributed by atoms with E-state index in [1.54, 1.807) is 0 Å². The highest BCUT2D eigenvalue weighted by atomic mass is 32.1. The Morgan fingerprint density at radius 1 is 1.14 bits per heavy atom. The van der Waals surface area contributed by atoms with Crippen LogP contribution in [0.25, 0.3) is 0 Å². The second-order valence-electron chi connectivity index (χ2n) is 8.14. The van der Waals surface area contributed by atoms with Gasteiger partial charge in [0.05, 0.1) is 6.54 Å². The van der Waals surface area contributed by atoms with E-state index >= 15 is 0 Å². The van der Waals surface area contributed by atoms with E-state index in [4.69, 9.17) is 12.2 Å². The number of anilines is 1. The molecule has 0 bridgehead atoms. The van der Waals surface area contributed by atoms with E-state index in [1.807, 2.05) is 18.2 Å². The molecule has 1 heterocycles. The number of thiocarbonyl (C=S) groups is 1. The number of carbonyl (C=O) groups is 1. The summed E-state index contributed by atoms with van der Waals surface area (Å²) in [7, 11) is 0. The van der Waals surface area contributed by atoms with Gasteiger partial charge in [-0.1, -0.05) is 44.9 Å². The Morgan fingerprint density at radius 3 is 2.57 bits per heavy atom. The van der Waals surface area contributed by atoms with Crippen molar-refractivity contribution < 1.29 is 4.79 Å². The van der Waals surface area contributed by atoms with Gasteiger partial charge < -0.3 is 15.5 Å². The number of benzene rings is 1. The molecule has 1 aromatic rings. The quantitative estimate of drug-likeness (QED) is 0.741. The lowest BCUT2D eigenvalue weighted by Gasteiger charge is -2.38. The Bertz CT molecular complexity index is 672. The van der Waals surface area contributed by atoms with Gasteiger partial charge in [0.15, 0.2) is 5.11 Å². The van der Waals surface area contributed by atoms with Crippen LogP contribution in [0.4, 0.5) is 5.69 Å². The number of carbonyl (C=O) groups excluding carboxylic acids is 1. The number of nitrogens with one attached hydrogen (secondary N) is 2. The number of rotatable bonds is 5. The number of piperazine rings is 1. The Morgan fingerprint density at radius 2 is 1.86 bits per heavy atom. The molecule has 28 heavy (non-hydrogen) atoms. The first kappa shape index (κ1) is 21.1. The lowest BCUT2D eigenvalue weighted by Crippen LogP contribution is -2.55. The van der Waals surface area contributed by atoms with Crippen molar-refractivity contribution in [1.29, 1.82) is 0 Å². The van der Waals surface area contributed by atoms with Crippen LogP contribution >= 0.6 is 12.2 Å². The van der Waals surface area contributed by atoms with Crippen molar-refractivity contribution in [2.45, 2.75) is 52.0 Å². The summed E-state index contributed by atoms with van der Waals surface area (Å²) in [4.78, 5) is 16.9. The lowest BCUT2D eigenvalue weighted by molar-refractivity contribution is -0.117. The Labute approximate surface area is 174 Å². The highest BCUT2D eigenvalue weighted by Gasteiger charge is 2.25. The molecule has 1 saturated carbocycles. The first-order chi connectivity index (χ1) is 13.6. The smallest absolute Gasteiger partial charge is 0.238 e. The molecular weight excluding hydrogens is 368 g/mol. The van der Waals surface area contributed by atoms with E-state index in [0.717, 1.165) is 43.4 Å². The molecule has 5 nitrogen and oxygen atoms in total. The zero-order valence-corrected chi connectivity index (χ0v) is 18.1. The predicted octanol–water partition coefficient (Wildman–Crippen LogP) is 3.26. The first-order valence-electron chi connectivity index (χ1n) is 10.7. The summed E-state index contributed by atoms with van der Waals surface area (Å²) in [6.45, 7) is 8.36. The third-order valence-electron chi connectivity index (χ3n) is 6.12. The predicted molar refractivity (Wildman–Crippen MR) is 120 cm³/mol. The van der Waals surface area contributed by atoms with E-state index in [9.17, 15) is 4.79 Å². The molecule has 154 valence electrons. The Kier molecular flexibility index (Phi) is 7.68. The fourth-order valence-corrected chi connectivity index (χ4v) is 4.57. The highest BCUT2D eigenvalue weighted by molar-refractivity contribution is 7.80. The summed E-state index contributed by atoms with van der Waals surface area (Å²) in [5.41, 5.74) is 2.11. The molecule has 1 amide bonds. The molecule has 2 aliphatic rings. The molecule has 1 aliphatic heterocycles. The number of amides is 1. The van der Waals surface area contributed by atoms with Gasteiger partial charge in [-0.15, -0.1) is 0 Å². The van der Waals surface area contributed by atoms with Gasteiger partial charge in [0.25, 0.3) is 0 Å². The van der Waals surface area contributed by atoms with Gasteiger partial charge in [0.2, 0.25) is 5.91 Å². The monoisotopic (exact) mass is 402 g/mol. The van der Waals surface area contributed by atoms with Crippen LogP contribution in [0.3, 0.4) is 0 Å². The summed E-state index contributed by atoms with van der Waals surface area (Å²) >= 11 is 5.67. The fraction of sp³-hybridized carbons (Fsp3) is 0.636. The maximum absolute atomic E-state index is 12.5. The standard InChI is InChI=1S/C22H34N4OS/c1-3-18-9-5-7-11-20(18)23-21(27)16-25-12-14-26(15-13-25)22(28)24-19-10-6-4-8-17(19)2/h5,7,9,11,17,19H,3-4,6,8,10,12-16H2,1-2H3,(H,23,27)(H,24,28)/t17-,19-/m0/s1. The van der Waals surface area contributed by atoms with Gasteiger partial charge in [0.1, 0.15) is 0 Å². The molecule has 2 atom stereocenters. The van der Waals surface area contributed by atoms with Crippen molar-refractivity contribution in [3.8, 4) is 0 Å². The van der Waals surface area contributed by atoms with Crippen molar-refractivity contribution in [3.63, 3.8) is 0 Å². The SMILES string of the molecule is CCc1ccccc1NC(=O)CN1CCN(C(=S)N[C@H]2CCCC[C@@H]2C)CC1. The van der Waals surface area contributed by atoms with E-state index in [1.165, 1.54) is 31.2 Å². The van der Waals surface area contributed by atoms with E-state index in [-0.39, 0.29) is 5.91 Å². The van der Waals surface area contributed by atoms with Crippen molar-refractivity contribution in [1.82, 2.24) is 15.1 Å². The molecule has 1 saturated heterocycles. The topological polar surface area (TPSA) is 47.6 Å². The zero-order chi connectivity index (χ0) is 19.9. The van der Waals surface area contributed by atoms with Crippen LogP contribution in [0, 0.1) is 5.92 Å². The van der Waals surface area contributed by atoms with Gasteiger partial charge in [-0.3, -0.25) is 9.69 Å². The van der Waals surface area contributed by atoms with E-state index < -0.39 is 0 Å². The molecule has 0 unspecified atom stereocenters. The summed E-state index contributed by atoms with van der Waals surface area (Å²) < 4.78 is 0. The average molecular weight is 403 g/mol. The molecule has 1 aliphatic carbocycles. The number of hydrogen-bond donors (Lipinski definition) is 2. The summed E-state index contributed by atoms with van der Waals surface area (Å²) in [6, 6.07) is 8.54. The van der Waals surface area contributed by atoms with Crippen LogP contribution in [-0.2, 0) is 11.2 Å². The molecule has 6 heteroatoms. The van der Waals surface area contributed by atoms with Crippen LogP contribution in [0.5, 0.6) is 0 Å². The van der Waals surface area contributed by atoms with Crippen LogP contribution < -0.4 is 10.6 Å².